The number of benzene rings is 1. The van der Waals surface area contributed by atoms with Crippen molar-refractivity contribution in [1.82, 2.24) is 4.90 Å². The van der Waals surface area contributed by atoms with Gasteiger partial charge in [0.05, 0.1) is 17.3 Å². The first-order chi connectivity index (χ1) is 9.10. The highest BCUT2D eigenvalue weighted by Crippen LogP contribution is 2.34. The van der Waals surface area contributed by atoms with Gasteiger partial charge in [-0.3, -0.25) is 0 Å². The van der Waals surface area contributed by atoms with Gasteiger partial charge in [-0.25, -0.2) is 0 Å². The van der Waals surface area contributed by atoms with Gasteiger partial charge in [0.2, 0.25) is 0 Å². The van der Waals surface area contributed by atoms with Crippen molar-refractivity contribution in [3.8, 4) is 5.75 Å². The quantitative estimate of drug-likeness (QED) is 0.840. The Morgan fingerprint density at radius 2 is 2.16 bits per heavy atom. The van der Waals surface area contributed by atoms with Crippen molar-refractivity contribution in [3.63, 3.8) is 0 Å². The van der Waals surface area contributed by atoms with Crippen LogP contribution in [-0.4, -0.2) is 38.7 Å². The van der Waals surface area contributed by atoms with Crippen LogP contribution in [0.5, 0.6) is 5.75 Å². The Bertz CT molecular complexity index is 440. The Kier molecular flexibility index (Phi) is 5.54. The molecule has 1 aliphatic rings. The van der Waals surface area contributed by atoms with Crippen LogP contribution in [0.25, 0.3) is 0 Å². The maximum absolute atomic E-state index is 5.33. The highest BCUT2D eigenvalue weighted by molar-refractivity contribution is 9.11. The maximum atomic E-state index is 5.33. The van der Waals surface area contributed by atoms with Crippen LogP contribution in [0.1, 0.15) is 12.8 Å². The third kappa shape index (κ3) is 4.10. The van der Waals surface area contributed by atoms with Crippen molar-refractivity contribution in [3.05, 3.63) is 21.1 Å². The third-order valence-electron chi connectivity index (χ3n) is 3.54. The summed E-state index contributed by atoms with van der Waals surface area (Å²) in [6.45, 7) is 3.41. The number of halogens is 2. The first-order valence-electron chi connectivity index (χ1n) is 6.55. The number of piperidine rings is 1. The lowest BCUT2D eigenvalue weighted by molar-refractivity contribution is 0.217. The van der Waals surface area contributed by atoms with Crippen molar-refractivity contribution < 1.29 is 4.74 Å². The van der Waals surface area contributed by atoms with Crippen molar-refractivity contribution >= 4 is 37.5 Å². The zero-order valence-electron chi connectivity index (χ0n) is 11.4. The summed E-state index contributed by atoms with van der Waals surface area (Å²) >= 11 is 7.08. The zero-order chi connectivity index (χ0) is 13.8. The molecule has 0 spiro atoms. The molecule has 1 fully saturated rings. The highest BCUT2D eigenvalue weighted by Gasteiger charge is 2.17. The fourth-order valence-corrected chi connectivity index (χ4v) is 3.81. The van der Waals surface area contributed by atoms with E-state index in [0.717, 1.165) is 32.8 Å². The van der Waals surface area contributed by atoms with Gasteiger partial charge in [-0.1, -0.05) is 0 Å². The largest absolute Gasteiger partial charge is 0.495 e. The van der Waals surface area contributed by atoms with Gasteiger partial charge in [-0.05, 0) is 70.3 Å². The van der Waals surface area contributed by atoms with Gasteiger partial charge >= 0.3 is 0 Å². The van der Waals surface area contributed by atoms with Gasteiger partial charge < -0.3 is 15.0 Å². The van der Waals surface area contributed by atoms with Crippen LogP contribution >= 0.6 is 31.9 Å². The van der Waals surface area contributed by atoms with E-state index >= 15 is 0 Å². The van der Waals surface area contributed by atoms with Crippen molar-refractivity contribution in [2.45, 2.75) is 12.8 Å². The van der Waals surface area contributed by atoms with E-state index in [4.69, 9.17) is 4.74 Å². The summed E-state index contributed by atoms with van der Waals surface area (Å²) in [4.78, 5) is 2.41. The number of rotatable bonds is 4. The predicted octanol–water partition coefficient (Wildman–Crippen LogP) is 3.97. The third-order valence-corrected chi connectivity index (χ3v) is 4.82. The van der Waals surface area contributed by atoms with E-state index in [1.807, 2.05) is 12.1 Å². The molecule has 0 radical (unpaired) electrons. The van der Waals surface area contributed by atoms with E-state index in [-0.39, 0.29) is 0 Å². The zero-order valence-corrected chi connectivity index (χ0v) is 14.6. The van der Waals surface area contributed by atoms with E-state index in [2.05, 4.69) is 49.1 Å². The molecule has 0 bridgehead atoms. The first kappa shape index (κ1) is 15.1. The number of hydrogen-bond donors (Lipinski definition) is 1. The highest BCUT2D eigenvalue weighted by atomic mass is 79.9. The monoisotopic (exact) mass is 390 g/mol. The molecule has 3 nitrogen and oxygen atoms in total. The fraction of sp³-hybridized carbons (Fsp3) is 0.571. The molecule has 0 aromatic heterocycles. The molecule has 106 valence electrons. The summed E-state index contributed by atoms with van der Waals surface area (Å²) in [5.41, 5.74) is 1.09. The molecule has 5 heteroatoms. The average Bonchev–Trinajstić information content (AvgIpc) is 2.38. The normalized spacial score (nSPS) is 20.3. The molecule has 1 aliphatic heterocycles. The molecule has 1 aromatic carbocycles. The molecule has 1 heterocycles. The molecule has 2 rings (SSSR count). The lowest BCUT2D eigenvalue weighted by Crippen LogP contribution is -2.35. The second-order valence-electron chi connectivity index (χ2n) is 5.12. The molecule has 1 N–H and O–H groups in total. The molecule has 1 saturated heterocycles. The molecular formula is C14H20Br2N2O. The van der Waals surface area contributed by atoms with E-state index in [1.165, 1.54) is 25.9 Å². The average molecular weight is 392 g/mol. The van der Waals surface area contributed by atoms with Crippen LogP contribution in [0, 0.1) is 5.92 Å². The lowest BCUT2D eigenvalue weighted by Gasteiger charge is -2.30. The Hall–Kier alpha value is -0.260. The number of anilines is 1. The lowest BCUT2D eigenvalue weighted by atomic mass is 9.98. The summed E-state index contributed by atoms with van der Waals surface area (Å²) in [6, 6.07) is 4.05. The minimum atomic E-state index is 0.722. The standard InChI is InChI=1S/C14H20Br2N2O/c1-18-5-3-4-10(9-18)8-17-13-7-14(19-2)12(16)6-11(13)15/h6-7,10,17H,3-5,8-9H2,1-2H3. The second-order valence-corrected chi connectivity index (χ2v) is 6.83. The van der Waals surface area contributed by atoms with Crippen molar-refractivity contribution in [2.75, 3.05) is 39.1 Å². The van der Waals surface area contributed by atoms with Crippen LogP contribution in [0.3, 0.4) is 0 Å². The molecular weight excluding hydrogens is 372 g/mol. The van der Waals surface area contributed by atoms with E-state index in [0.29, 0.717) is 0 Å². The maximum Gasteiger partial charge on any atom is 0.135 e. The first-order valence-corrected chi connectivity index (χ1v) is 8.14. The van der Waals surface area contributed by atoms with Crippen LogP contribution in [0.4, 0.5) is 5.69 Å². The predicted molar refractivity (Wildman–Crippen MR) is 87.1 cm³/mol. The van der Waals surface area contributed by atoms with Crippen LogP contribution in [0.2, 0.25) is 0 Å². The van der Waals surface area contributed by atoms with Gasteiger partial charge in [0, 0.05) is 23.6 Å². The molecule has 19 heavy (non-hydrogen) atoms. The minimum absolute atomic E-state index is 0.722. The molecule has 1 unspecified atom stereocenters. The summed E-state index contributed by atoms with van der Waals surface area (Å²) in [6.07, 6.45) is 2.61. The number of hydrogen-bond acceptors (Lipinski definition) is 3. The van der Waals surface area contributed by atoms with Crippen molar-refractivity contribution in [1.29, 1.82) is 0 Å². The smallest absolute Gasteiger partial charge is 0.135 e. The summed E-state index contributed by atoms with van der Waals surface area (Å²) in [5.74, 6) is 1.58. The minimum Gasteiger partial charge on any atom is -0.495 e. The van der Waals surface area contributed by atoms with Crippen molar-refractivity contribution in [2.24, 2.45) is 5.92 Å². The van der Waals surface area contributed by atoms with Gasteiger partial charge in [-0.2, -0.15) is 0 Å². The van der Waals surface area contributed by atoms with Gasteiger partial charge in [0.1, 0.15) is 5.75 Å². The molecule has 1 atom stereocenters. The van der Waals surface area contributed by atoms with Crippen LogP contribution in [-0.2, 0) is 0 Å². The molecule has 0 amide bonds. The number of nitrogens with zero attached hydrogens (tertiary/aromatic N) is 1. The SMILES string of the molecule is COc1cc(NCC2CCCN(C)C2)c(Br)cc1Br. The summed E-state index contributed by atoms with van der Waals surface area (Å²) in [5, 5.41) is 3.53. The van der Waals surface area contributed by atoms with E-state index in [9.17, 15) is 0 Å². The Balaban J connectivity index is 1.99. The number of methoxy groups -OCH3 is 1. The number of likely N-dealkylation sites (tertiary alicyclic amines) is 1. The number of nitrogens with one attached hydrogen (secondary N) is 1. The summed E-state index contributed by atoms with van der Waals surface area (Å²) in [7, 11) is 3.89. The molecule has 1 aromatic rings. The van der Waals surface area contributed by atoms with Gasteiger partial charge in [-0.15, -0.1) is 0 Å². The van der Waals surface area contributed by atoms with Gasteiger partial charge in [0.15, 0.2) is 0 Å². The Morgan fingerprint density at radius 1 is 1.37 bits per heavy atom. The Morgan fingerprint density at radius 3 is 2.84 bits per heavy atom. The van der Waals surface area contributed by atoms with Crippen LogP contribution < -0.4 is 10.1 Å². The summed E-state index contributed by atoms with van der Waals surface area (Å²) < 4.78 is 7.36. The number of ether oxygens (including phenoxy) is 1. The Labute approximate surface area is 132 Å². The van der Waals surface area contributed by atoms with E-state index in [1.54, 1.807) is 7.11 Å². The molecule has 0 saturated carbocycles. The second kappa shape index (κ2) is 6.95. The van der Waals surface area contributed by atoms with Gasteiger partial charge in [0.25, 0.3) is 0 Å². The van der Waals surface area contributed by atoms with Crippen LogP contribution in [0.15, 0.2) is 21.1 Å². The molecule has 0 aliphatic carbocycles. The fourth-order valence-electron chi connectivity index (χ4n) is 2.52. The topological polar surface area (TPSA) is 24.5 Å². The van der Waals surface area contributed by atoms with E-state index < -0.39 is 0 Å².